The molecule has 2 heterocycles. The molecular weight excluding hydrogens is 463 g/mol. The van der Waals surface area contributed by atoms with Crippen molar-refractivity contribution in [3.05, 3.63) is 84.5 Å². The van der Waals surface area contributed by atoms with E-state index >= 15 is 0 Å². The highest BCUT2D eigenvalue weighted by Crippen LogP contribution is 2.27. The molecule has 184 valence electrons. The molecule has 0 radical (unpaired) electrons. The van der Waals surface area contributed by atoms with Crippen LogP contribution in [0.15, 0.2) is 72.4 Å². The first-order valence-electron chi connectivity index (χ1n) is 11.9. The van der Waals surface area contributed by atoms with Gasteiger partial charge >= 0.3 is 0 Å². The van der Waals surface area contributed by atoms with Crippen LogP contribution in [0.4, 0.5) is 4.39 Å². The van der Waals surface area contributed by atoms with Gasteiger partial charge in [0.2, 0.25) is 5.91 Å². The molecule has 0 N–H and O–H groups in total. The Kier molecular flexibility index (Phi) is 8.58. The van der Waals surface area contributed by atoms with Gasteiger partial charge in [-0.1, -0.05) is 60.3 Å². The second-order valence-corrected chi connectivity index (χ2v) is 10.0. The molecule has 3 aromatic rings. The van der Waals surface area contributed by atoms with Gasteiger partial charge in [-0.15, -0.1) is 16.8 Å². The van der Waals surface area contributed by atoms with Gasteiger partial charge in [0.05, 0.1) is 5.25 Å². The number of ether oxygens (including phenoxy) is 1. The van der Waals surface area contributed by atoms with Crippen LogP contribution in [0.3, 0.4) is 0 Å². The Morgan fingerprint density at radius 2 is 1.89 bits per heavy atom. The lowest BCUT2D eigenvalue weighted by Gasteiger charge is -2.33. The summed E-state index contributed by atoms with van der Waals surface area (Å²) < 4.78 is 21.3. The lowest BCUT2D eigenvalue weighted by molar-refractivity contribution is -0.131. The first-order chi connectivity index (χ1) is 17.0. The maximum atomic E-state index is 13.9. The number of carbonyl (C=O) groups is 1. The van der Waals surface area contributed by atoms with E-state index in [0.29, 0.717) is 23.4 Å². The van der Waals surface area contributed by atoms with E-state index in [-0.39, 0.29) is 23.5 Å². The third kappa shape index (κ3) is 6.51. The maximum absolute atomic E-state index is 13.9. The third-order valence-corrected chi connectivity index (χ3v) is 7.29. The smallest absolute Gasteiger partial charge is 0.235 e. The Labute approximate surface area is 210 Å². The van der Waals surface area contributed by atoms with Gasteiger partial charge in [-0.25, -0.2) is 4.39 Å². The van der Waals surface area contributed by atoms with Gasteiger partial charge in [0.25, 0.3) is 0 Å². The van der Waals surface area contributed by atoms with Crippen molar-refractivity contribution in [2.75, 3.05) is 13.1 Å². The van der Waals surface area contributed by atoms with Crippen LogP contribution in [0.25, 0.3) is 0 Å². The zero-order valence-corrected chi connectivity index (χ0v) is 20.8. The van der Waals surface area contributed by atoms with Gasteiger partial charge in [0.15, 0.2) is 22.5 Å². The van der Waals surface area contributed by atoms with Gasteiger partial charge in [0, 0.05) is 19.6 Å². The number of allylic oxidation sites excluding steroid dienone is 1. The normalized spacial score (nSPS) is 15.1. The molecule has 0 spiro atoms. The number of nitrogens with zero attached hydrogens (tertiary/aromatic N) is 4. The van der Waals surface area contributed by atoms with Crippen molar-refractivity contribution >= 4 is 17.7 Å². The molecule has 0 bridgehead atoms. The highest BCUT2D eigenvalue weighted by molar-refractivity contribution is 8.00. The number of hydrogen-bond donors (Lipinski definition) is 0. The van der Waals surface area contributed by atoms with Gasteiger partial charge in [-0.05, 0) is 49.8 Å². The minimum atomic E-state index is -0.427. The predicted molar refractivity (Wildman–Crippen MR) is 136 cm³/mol. The highest BCUT2D eigenvalue weighted by atomic mass is 32.2. The SMILES string of the molecule is C=CCn1c(COc2ccccc2F)nnc1S[C@H](C)C(=O)N1CCC(Cc2ccccc2)CC1. The maximum Gasteiger partial charge on any atom is 0.235 e. The number of benzene rings is 2. The molecule has 1 aliphatic rings. The van der Waals surface area contributed by atoms with E-state index in [1.165, 1.54) is 23.4 Å². The van der Waals surface area contributed by atoms with E-state index in [1.54, 1.807) is 24.3 Å². The summed E-state index contributed by atoms with van der Waals surface area (Å²) in [7, 11) is 0. The molecule has 2 aromatic carbocycles. The first-order valence-corrected chi connectivity index (χ1v) is 12.8. The molecule has 0 aliphatic carbocycles. The lowest BCUT2D eigenvalue weighted by Crippen LogP contribution is -2.42. The number of likely N-dealkylation sites (tertiary alicyclic amines) is 1. The molecular formula is C27H31FN4O2S. The zero-order valence-electron chi connectivity index (χ0n) is 20.0. The molecule has 6 nitrogen and oxygen atoms in total. The van der Waals surface area contributed by atoms with E-state index in [1.807, 2.05) is 22.5 Å². The summed E-state index contributed by atoms with van der Waals surface area (Å²) >= 11 is 1.38. The zero-order chi connectivity index (χ0) is 24.6. The number of hydrogen-bond acceptors (Lipinski definition) is 5. The van der Waals surface area contributed by atoms with Crippen LogP contribution in [0.2, 0.25) is 0 Å². The topological polar surface area (TPSA) is 60.2 Å². The average Bonchev–Trinajstić information content (AvgIpc) is 3.25. The van der Waals surface area contributed by atoms with Crippen molar-refractivity contribution in [1.29, 1.82) is 0 Å². The van der Waals surface area contributed by atoms with Crippen LogP contribution in [-0.4, -0.2) is 43.9 Å². The van der Waals surface area contributed by atoms with E-state index in [2.05, 4.69) is 41.0 Å². The molecule has 0 unspecified atom stereocenters. The van der Waals surface area contributed by atoms with Crippen molar-refractivity contribution < 1.29 is 13.9 Å². The van der Waals surface area contributed by atoms with Crippen LogP contribution in [0, 0.1) is 11.7 Å². The summed E-state index contributed by atoms with van der Waals surface area (Å²) in [5.41, 5.74) is 1.36. The standard InChI is InChI=1S/C27H31FN4O2S/c1-3-15-32-25(19-34-24-12-8-7-11-23(24)28)29-30-27(32)35-20(2)26(33)31-16-13-22(14-17-31)18-21-9-5-4-6-10-21/h3-12,20,22H,1,13-19H2,2H3/t20-/m1/s1. The van der Waals surface area contributed by atoms with Crippen molar-refractivity contribution in [2.45, 2.75) is 49.7 Å². The third-order valence-electron chi connectivity index (χ3n) is 6.22. The van der Waals surface area contributed by atoms with E-state index in [0.717, 1.165) is 32.4 Å². The van der Waals surface area contributed by atoms with Crippen molar-refractivity contribution in [1.82, 2.24) is 19.7 Å². The molecule has 8 heteroatoms. The molecule has 1 atom stereocenters. The summed E-state index contributed by atoms with van der Waals surface area (Å²) in [6, 6.07) is 16.8. The second kappa shape index (κ2) is 12.0. The minimum Gasteiger partial charge on any atom is -0.483 e. The van der Waals surface area contributed by atoms with Crippen LogP contribution in [-0.2, 0) is 24.4 Å². The summed E-state index contributed by atoms with van der Waals surface area (Å²) in [4.78, 5) is 15.1. The molecule has 0 saturated carbocycles. The summed E-state index contributed by atoms with van der Waals surface area (Å²) in [5.74, 6) is 1.01. The lowest BCUT2D eigenvalue weighted by atomic mass is 9.90. The van der Waals surface area contributed by atoms with Crippen LogP contribution >= 0.6 is 11.8 Å². The molecule has 4 rings (SSSR count). The van der Waals surface area contributed by atoms with Crippen LogP contribution in [0.5, 0.6) is 5.75 Å². The Balaban J connectivity index is 1.33. The van der Waals surface area contributed by atoms with Crippen molar-refractivity contribution in [3.63, 3.8) is 0 Å². The summed E-state index contributed by atoms with van der Waals surface area (Å²) in [6.45, 7) is 7.82. The Bertz CT molecular complexity index is 1130. The number of halogens is 1. The molecule has 35 heavy (non-hydrogen) atoms. The van der Waals surface area contributed by atoms with Crippen molar-refractivity contribution in [2.24, 2.45) is 5.92 Å². The highest BCUT2D eigenvalue weighted by Gasteiger charge is 2.28. The van der Waals surface area contributed by atoms with Crippen LogP contribution in [0.1, 0.15) is 31.2 Å². The molecule has 1 aromatic heterocycles. The van der Waals surface area contributed by atoms with Gasteiger partial charge < -0.3 is 9.64 Å². The number of carbonyl (C=O) groups excluding carboxylic acids is 1. The second-order valence-electron chi connectivity index (χ2n) is 8.74. The van der Waals surface area contributed by atoms with E-state index in [4.69, 9.17) is 4.74 Å². The number of para-hydroxylation sites is 1. The summed E-state index contributed by atoms with van der Waals surface area (Å²) in [5, 5.41) is 8.83. The number of piperidine rings is 1. The number of thioether (sulfide) groups is 1. The Morgan fingerprint density at radius 3 is 2.60 bits per heavy atom. The monoisotopic (exact) mass is 494 g/mol. The van der Waals surface area contributed by atoms with E-state index < -0.39 is 5.82 Å². The minimum absolute atomic E-state index is 0.0690. The van der Waals surface area contributed by atoms with E-state index in [9.17, 15) is 9.18 Å². The summed E-state index contributed by atoms with van der Waals surface area (Å²) in [6.07, 6.45) is 4.84. The van der Waals surface area contributed by atoms with Crippen LogP contribution < -0.4 is 4.74 Å². The fourth-order valence-electron chi connectivity index (χ4n) is 4.30. The molecule has 1 amide bonds. The molecule has 1 fully saturated rings. The van der Waals surface area contributed by atoms with Crippen molar-refractivity contribution in [3.8, 4) is 5.75 Å². The Hall–Kier alpha value is -3.13. The molecule has 1 aliphatic heterocycles. The van der Waals surface area contributed by atoms with Gasteiger partial charge in [-0.3, -0.25) is 9.36 Å². The van der Waals surface area contributed by atoms with Gasteiger partial charge in [0.1, 0.15) is 6.61 Å². The number of amides is 1. The quantitative estimate of drug-likeness (QED) is 0.288. The first kappa shape index (κ1) is 25.0. The average molecular weight is 495 g/mol. The fourth-order valence-corrected chi connectivity index (χ4v) is 5.26. The molecule has 1 saturated heterocycles. The predicted octanol–water partition coefficient (Wildman–Crippen LogP) is 5.14. The number of rotatable bonds is 10. The number of aromatic nitrogens is 3. The van der Waals surface area contributed by atoms with Gasteiger partial charge in [-0.2, -0.15) is 0 Å². The Morgan fingerprint density at radius 1 is 1.17 bits per heavy atom. The largest absolute Gasteiger partial charge is 0.483 e. The fraction of sp³-hybridized carbons (Fsp3) is 0.370.